The highest BCUT2D eigenvalue weighted by atomic mass is 79.9. The summed E-state index contributed by atoms with van der Waals surface area (Å²) in [6.45, 7) is 6.13. The Morgan fingerprint density at radius 3 is 2.77 bits per heavy atom. The number of halogens is 1. The van der Waals surface area contributed by atoms with Gasteiger partial charge in [-0.15, -0.1) is 5.48 Å². The summed E-state index contributed by atoms with van der Waals surface area (Å²) in [6, 6.07) is 3.33. The highest BCUT2D eigenvalue weighted by Crippen LogP contribution is 2.20. The summed E-state index contributed by atoms with van der Waals surface area (Å²) in [5, 5.41) is 10.0. The molecule has 7 nitrogen and oxygen atoms in total. The lowest BCUT2D eigenvalue weighted by Gasteiger charge is -2.20. The second kappa shape index (κ2) is 6.80. The van der Waals surface area contributed by atoms with Crippen molar-refractivity contribution in [3.63, 3.8) is 0 Å². The number of pyridine rings is 1. The lowest BCUT2D eigenvalue weighted by Crippen LogP contribution is -2.41. The smallest absolute Gasteiger partial charge is 0.427 e. The van der Waals surface area contributed by atoms with E-state index in [-0.39, 0.29) is 0 Å². The number of aliphatic hydroxyl groups is 1. The van der Waals surface area contributed by atoms with E-state index in [2.05, 4.69) is 26.4 Å². The standard InChI is InChI=1S/C14H20BrN3O4/c1-14(2,3)21-13(20)22-17-10-7-18(8-11(10)19)12-5-4-9(15)6-16-12/h4-6,10-11,17,19H,7-8H2,1-3H3/t10-,11+/m1/s1. The molecule has 0 spiro atoms. The predicted octanol–water partition coefficient (Wildman–Crippen LogP) is 1.85. The van der Waals surface area contributed by atoms with Gasteiger partial charge in [0.2, 0.25) is 0 Å². The minimum atomic E-state index is -0.820. The van der Waals surface area contributed by atoms with Crippen LogP contribution in [0.3, 0.4) is 0 Å². The SMILES string of the molecule is CC(C)(C)OC(=O)ON[C@@H]1CN(c2ccc(Br)cn2)C[C@@H]1O. The highest BCUT2D eigenvalue weighted by molar-refractivity contribution is 9.10. The van der Waals surface area contributed by atoms with Crippen molar-refractivity contribution >= 4 is 27.9 Å². The number of rotatable bonds is 3. The molecule has 0 aliphatic carbocycles. The fourth-order valence-corrected chi connectivity index (χ4v) is 2.27. The maximum Gasteiger partial charge on any atom is 0.528 e. The van der Waals surface area contributed by atoms with Crippen molar-refractivity contribution in [1.82, 2.24) is 10.5 Å². The molecule has 1 aromatic rings. The van der Waals surface area contributed by atoms with Crippen LogP contribution < -0.4 is 10.4 Å². The fraction of sp³-hybridized carbons (Fsp3) is 0.571. The summed E-state index contributed by atoms with van der Waals surface area (Å²) in [5.41, 5.74) is 1.94. The van der Waals surface area contributed by atoms with E-state index in [0.29, 0.717) is 13.1 Å². The minimum absolute atomic E-state index is 0.405. The Labute approximate surface area is 137 Å². The van der Waals surface area contributed by atoms with Gasteiger partial charge in [-0.05, 0) is 48.8 Å². The van der Waals surface area contributed by atoms with Crippen molar-refractivity contribution < 1.29 is 19.5 Å². The molecule has 1 aliphatic rings. The Kier molecular flexibility index (Phi) is 5.25. The van der Waals surface area contributed by atoms with Gasteiger partial charge in [-0.3, -0.25) is 0 Å². The first-order chi connectivity index (χ1) is 10.2. The Hall–Kier alpha value is -1.38. The molecule has 2 N–H and O–H groups in total. The Morgan fingerprint density at radius 1 is 1.45 bits per heavy atom. The number of aromatic nitrogens is 1. The van der Waals surface area contributed by atoms with Crippen molar-refractivity contribution in [3.05, 3.63) is 22.8 Å². The van der Waals surface area contributed by atoms with Crippen molar-refractivity contribution in [2.45, 2.75) is 38.5 Å². The number of nitrogens with one attached hydrogen (secondary N) is 1. The zero-order valence-electron chi connectivity index (χ0n) is 12.7. The molecular weight excluding hydrogens is 354 g/mol. The average Bonchev–Trinajstić information content (AvgIpc) is 2.77. The summed E-state index contributed by atoms with van der Waals surface area (Å²) < 4.78 is 5.91. The quantitative estimate of drug-likeness (QED) is 0.617. The van der Waals surface area contributed by atoms with Gasteiger partial charge in [0.05, 0.1) is 12.1 Å². The largest absolute Gasteiger partial charge is 0.528 e. The normalized spacial score (nSPS) is 21.8. The van der Waals surface area contributed by atoms with Crippen LogP contribution in [0.5, 0.6) is 0 Å². The van der Waals surface area contributed by atoms with Gasteiger partial charge in [0.15, 0.2) is 0 Å². The van der Waals surface area contributed by atoms with Gasteiger partial charge >= 0.3 is 6.16 Å². The molecule has 8 heteroatoms. The van der Waals surface area contributed by atoms with E-state index < -0.39 is 23.9 Å². The first-order valence-corrected chi connectivity index (χ1v) is 7.74. The molecule has 0 aromatic carbocycles. The van der Waals surface area contributed by atoms with Crippen LogP contribution in [-0.4, -0.2) is 47.1 Å². The zero-order chi connectivity index (χ0) is 16.3. The summed E-state index contributed by atoms with van der Waals surface area (Å²) in [4.78, 5) is 22.5. The maximum atomic E-state index is 11.5. The van der Waals surface area contributed by atoms with Gasteiger partial charge in [-0.25, -0.2) is 9.78 Å². The van der Waals surface area contributed by atoms with E-state index in [9.17, 15) is 9.90 Å². The number of carbonyl (C=O) groups excluding carboxylic acids is 1. The Bertz CT molecular complexity index is 518. The van der Waals surface area contributed by atoms with Crippen LogP contribution in [0.25, 0.3) is 0 Å². The lowest BCUT2D eigenvalue weighted by molar-refractivity contribution is -0.0466. The molecule has 2 heterocycles. The van der Waals surface area contributed by atoms with Crippen LogP contribution in [-0.2, 0) is 9.57 Å². The van der Waals surface area contributed by atoms with Crippen LogP contribution >= 0.6 is 15.9 Å². The summed E-state index contributed by atoms with van der Waals surface area (Å²) >= 11 is 3.33. The number of hydrogen-bond donors (Lipinski definition) is 2. The van der Waals surface area contributed by atoms with E-state index in [0.717, 1.165) is 10.3 Å². The molecular formula is C14H20BrN3O4. The number of ether oxygens (including phenoxy) is 1. The van der Waals surface area contributed by atoms with Crippen molar-refractivity contribution in [2.24, 2.45) is 0 Å². The molecule has 0 amide bonds. The average molecular weight is 374 g/mol. The second-order valence-corrected chi connectivity index (χ2v) is 7.01. The number of anilines is 1. The number of carbonyl (C=O) groups is 1. The number of aliphatic hydroxyl groups excluding tert-OH is 1. The van der Waals surface area contributed by atoms with Crippen LogP contribution in [0, 0.1) is 0 Å². The third-order valence-corrected chi connectivity index (χ3v) is 3.48. The van der Waals surface area contributed by atoms with Gasteiger partial charge in [-0.1, -0.05) is 0 Å². The van der Waals surface area contributed by atoms with Crippen LogP contribution in [0.15, 0.2) is 22.8 Å². The number of β-amino-alcohol motifs (C(OH)–C–C–N with tert-alkyl or cyclic N) is 1. The fourth-order valence-electron chi connectivity index (χ4n) is 2.04. The van der Waals surface area contributed by atoms with E-state index in [1.165, 1.54) is 0 Å². The molecule has 0 saturated carbocycles. The monoisotopic (exact) mass is 373 g/mol. The highest BCUT2D eigenvalue weighted by Gasteiger charge is 2.33. The molecule has 1 aliphatic heterocycles. The molecule has 0 radical (unpaired) electrons. The maximum absolute atomic E-state index is 11.5. The van der Waals surface area contributed by atoms with E-state index in [1.54, 1.807) is 27.0 Å². The third kappa shape index (κ3) is 4.82. The van der Waals surface area contributed by atoms with Gasteiger partial charge in [-0.2, -0.15) is 0 Å². The summed E-state index contributed by atoms with van der Waals surface area (Å²) in [7, 11) is 0. The lowest BCUT2D eigenvalue weighted by atomic mass is 10.2. The molecule has 0 unspecified atom stereocenters. The van der Waals surface area contributed by atoms with Crippen LogP contribution in [0.2, 0.25) is 0 Å². The zero-order valence-corrected chi connectivity index (χ0v) is 14.3. The summed E-state index contributed by atoms with van der Waals surface area (Å²) in [6.07, 6.45) is 0.201. The van der Waals surface area contributed by atoms with Crippen molar-refractivity contribution in [3.8, 4) is 0 Å². The summed E-state index contributed by atoms with van der Waals surface area (Å²) in [5.74, 6) is 0.754. The topological polar surface area (TPSA) is 83.9 Å². The Balaban J connectivity index is 1.86. The Morgan fingerprint density at radius 2 is 2.18 bits per heavy atom. The van der Waals surface area contributed by atoms with Crippen LogP contribution in [0.1, 0.15) is 20.8 Å². The van der Waals surface area contributed by atoms with E-state index >= 15 is 0 Å². The molecule has 1 saturated heterocycles. The molecule has 1 fully saturated rings. The number of hydroxylamine groups is 1. The third-order valence-electron chi connectivity index (χ3n) is 3.01. The predicted molar refractivity (Wildman–Crippen MR) is 84.4 cm³/mol. The molecule has 122 valence electrons. The van der Waals surface area contributed by atoms with Gasteiger partial charge in [0, 0.05) is 23.8 Å². The second-order valence-electron chi connectivity index (χ2n) is 6.10. The van der Waals surface area contributed by atoms with Gasteiger partial charge in [0.1, 0.15) is 11.4 Å². The first kappa shape index (κ1) is 17.0. The van der Waals surface area contributed by atoms with Crippen molar-refractivity contribution in [1.29, 1.82) is 0 Å². The van der Waals surface area contributed by atoms with Gasteiger partial charge < -0.3 is 19.6 Å². The van der Waals surface area contributed by atoms with Crippen molar-refractivity contribution in [2.75, 3.05) is 18.0 Å². The number of nitrogens with zero attached hydrogens (tertiary/aromatic N) is 2. The van der Waals surface area contributed by atoms with Crippen LogP contribution in [0.4, 0.5) is 10.6 Å². The van der Waals surface area contributed by atoms with E-state index in [1.807, 2.05) is 17.0 Å². The molecule has 0 bridgehead atoms. The molecule has 22 heavy (non-hydrogen) atoms. The number of hydrogen-bond acceptors (Lipinski definition) is 7. The molecule has 1 aromatic heterocycles. The minimum Gasteiger partial charge on any atom is -0.427 e. The van der Waals surface area contributed by atoms with Gasteiger partial charge in [0.25, 0.3) is 0 Å². The molecule has 2 atom stereocenters. The molecule has 2 rings (SSSR count). The van der Waals surface area contributed by atoms with E-state index in [4.69, 9.17) is 9.57 Å². The first-order valence-electron chi connectivity index (χ1n) is 6.94.